The van der Waals surface area contributed by atoms with Crippen LogP contribution in [0.3, 0.4) is 0 Å². The molecule has 0 radical (unpaired) electrons. The predicted molar refractivity (Wildman–Crippen MR) is 101 cm³/mol. The maximum Gasteiger partial charge on any atom is 0.573 e. The fraction of sp³-hybridized carbons (Fsp3) is 0.217. The van der Waals surface area contributed by atoms with E-state index >= 15 is 4.39 Å². The first-order valence-electron chi connectivity index (χ1n) is 9.45. The first-order chi connectivity index (χ1) is 14.6. The molecule has 8 heteroatoms. The Morgan fingerprint density at radius 3 is 2.13 bits per heavy atom. The maximum absolute atomic E-state index is 15.2. The molecule has 0 saturated carbocycles. The molecule has 0 N–H and O–H groups in total. The third-order valence-corrected chi connectivity index (χ3v) is 5.20. The van der Waals surface area contributed by atoms with Gasteiger partial charge in [0.2, 0.25) is 5.75 Å². The van der Waals surface area contributed by atoms with Crippen LogP contribution in [0.15, 0.2) is 42.5 Å². The van der Waals surface area contributed by atoms with Crippen LogP contribution < -0.4 is 4.74 Å². The zero-order chi connectivity index (χ0) is 22.5. The van der Waals surface area contributed by atoms with Gasteiger partial charge in [-0.1, -0.05) is 37.6 Å². The maximum atomic E-state index is 15.2. The van der Waals surface area contributed by atoms with Crippen molar-refractivity contribution in [1.29, 1.82) is 0 Å². The normalized spacial score (nSPS) is 15.0. The van der Waals surface area contributed by atoms with Gasteiger partial charge in [0, 0.05) is 5.56 Å². The number of ether oxygens (including phenoxy) is 1. The van der Waals surface area contributed by atoms with Crippen LogP contribution in [0.5, 0.6) is 5.75 Å². The predicted octanol–water partition coefficient (Wildman–Crippen LogP) is 7.66. The number of alkyl halides is 4. The van der Waals surface area contributed by atoms with Gasteiger partial charge in [0.05, 0.1) is 0 Å². The van der Waals surface area contributed by atoms with Crippen molar-refractivity contribution in [3.8, 4) is 28.0 Å². The van der Waals surface area contributed by atoms with Gasteiger partial charge in [0.25, 0.3) is 0 Å². The Balaban J connectivity index is 1.75. The average Bonchev–Trinajstić information content (AvgIpc) is 2.98. The number of benzene rings is 3. The summed E-state index contributed by atoms with van der Waals surface area (Å²) < 4.78 is 98.5. The average molecular weight is 440 g/mol. The molecule has 1 aliphatic rings. The quantitative estimate of drug-likeness (QED) is 0.379. The fourth-order valence-corrected chi connectivity index (χ4v) is 3.88. The second-order valence-electron chi connectivity index (χ2n) is 7.23. The summed E-state index contributed by atoms with van der Waals surface area (Å²) in [4.78, 5) is 0. The Bertz CT molecular complexity index is 1140. The standard InChI is InChI=1S/C23H15F7O/c1-2-3-11-4-7-15-14-6-5-12(8-16(14)21(27)19(15)20(11)26)13-9-17(24)22(18(25)10-13)31-23(28,29)30/h4-10,21H,2-3H2,1H3. The fourth-order valence-electron chi connectivity index (χ4n) is 3.88. The summed E-state index contributed by atoms with van der Waals surface area (Å²) in [5.74, 6) is -5.29. The van der Waals surface area contributed by atoms with Crippen LogP contribution in [0.25, 0.3) is 22.3 Å². The minimum absolute atomic E-state index is 0.0793. The summed E-state index contributed by atoms with van der Waals surface area (Å²) in [6, 6.07) is 8.84. The number of halogens is 7. The van der Waals surface area contributed by atoms with Gasteiger partial charge in [0.1, 0.15) is 5.82 Å². The number of aryl methyl sites for hydroxylation is 1. The summed E-state index contributed by atoms with van der Waals surface area (Å²) in [6.07, 6.45) is -5.89. The molecule has 162 valence electrons. The van der Waals surface area contributed by atoms with Gasteiger partial charge in [0.15, 0.2) is 17.8 Å². The molecule has 0 saturated heterocycles. The van der Waals surface area contributed by atoms with Gasteiger partial charge in [-0.25, -0.2) is 17.6 Å². The van der Waals surface area contributed by atoms with Crippen LogP contribution in [-0.2, 0) is 6.42 Å². The number of fused-ring (bicyclic) bond motifs is 3. The van der Waals surface area contributed by atoms with Gasteiger partial charge in [-0.05, 0) is 58.0 Å². The molecule has 0 aliphatic heterocycles. The molecule has 1 unspecified atom stereocenters. The highest BCUT2D eigenvalue weighted by Crippen LogP contribution is 2.48. The largest absolute Gasteiger partial charge is 0.573 e. The second kappa shape index (κ2) is 7.59. The van der Waals surface area contributed by atoms with Crippen LogP contribution in [0.2, 0.25) is 0 Å². The Hall–Kier alpha value is -3.03. The SMILES string of the molecule is CCCc1ccc2c(c1F)C(F)c1cc(-c3cc(F)c(OC(F)(F)F)c(F)c3)ccc1-2. The van der Waals surface area contributed by atoms with Crippen molar-refractivity contribution in [2.45, 2.75) is 32.3 Å². The minimum atomic E-state index is -5.26. The molecule has 0 spiro atoms. The zero-order valence-corrected chi connectivity index (χ0v) is 16.1. The summed E-state index contributed by atoms with van der Waals surface area (Å²) in [7, 11) is 0. The molecule has 1 nitrogen and oxygen atoms in total. The third-order valence-electron chi connectivity index (χ3n) is 5.20. The van der Waals surface area contributed by atoms with E-state index < -0.39 is 35.7 Å². The molecule has 31 heavy (non-hydrogen) atoms. The lowest BCUT2D eigenvalue weighted by atomic mass is 9.98. The van der Waals surface area contributed by atoms with E-state index in [9.17, 15) is 26.3 Å². The van der Waals surface area contributed by atoms with Gasteiger partial charge in [-0.2, -0.15) is 0 Å². The molecule has 3 aromatic carbocycles. The highest BCUT2D eigenvalue weighted by molar-refractivity contribution is 5.82. The van der Waals surface area contributed by atoms with Crippen molar-refractivity contribution < 1.29 is 35.5 Å². The van der Waals surface area contributed by atoms with E-state index in [-0.39, 0.29) is 22.3 Å². The molecule has 0 aromatic heterocycles. The Morgan fingerprint density at radius 2 is 1.52 bits per heavy atom. The molecule has 1 aliphatic carbocycles. The molecule has 4 rings (SSSR count). The van der Waals surface area contributed by atoms with Crippen LogP contribution in [-0.4, -0.2) is 6.36 Å². The molecule has 1 atom stereocenters. The minimum Gasteiger partial charge on any atom is -0.399 e. The molecular weight excluding hydrogens is 425 g/mol. The molecule has 3 aromatic rings. The molecule has 0 bridgehead atoms. The first kappa shape index (κ1) is 21.2. The zero-order valence-electron chi connectivity index (χ0n) is 16.1. The lowest BCUT2D eigenvalue weighted by Crippen LogP contribution is -2.19. The highest BCUT2D eigenvalue weighted by atomic mass is 19.4. The number of hydrogen-bond acceptors (Lipinski definition) is 1. The summed E-state index contributed by atoms with van der Waals surface area (Å²) >= 11 is 0. The molecular formula is C23H15F7O. The van der Waals surface area contributed by atoms with Crippen molar-refractivity contribution in [3.05, 3.63) is 76.6 Å². The van der Waals surface area contributed by atoms with Crippen LogP contribution in [0.1, 0.15) is 36.2 Å². The smallest absolute Gasteiger partial charge is 0.399 e. The Labute approximate surface area is 173 Å². The van der Waals surface area contributed by atoms with Crippen LogP contribution in [0.4, 0.5) is 30.7 Å². The van der Waals surface area contributed by atoms with E-state index in [1.807, 2.05) is 6.92 Å². The van der Waals surface area contributed by atoms with Crippen molar-refractivity contribution in [1.82, 2.24) is 0 Å². The second-order valence-corrected chi connectivity index (χ2v) is 7.23. The first-order valence-corrected chi connectivity index (χ1v) is 9.45. The lowest BCUT2D eigenvalue weighted by molar-refractivity contribution is -0.276. The van der Waals surface area contributed by atoms with E-state index in [1.54, 1.807) is 12.1 Å². The van der Waals surface area contributed by atoms with Crippen molar-refractivity contribution >= 4 is 0 Å². The monoisotopic (exact) mass is 440 g/mol. The summed E-state index contributed by atoms with van der Waals surface area (Å²) in [6.45, 7) is 1.88. The van der Waals surface area contributed by atoms with Crippen LogP contribution >= 0.6 is 0 Å². The lowest BCUT2D eigenvalue weighted by Gasteiger charge is -2.13. The Kier molecular flexibility index (Phi) is 5.19. The van der Waals surface area contributed by atoms with E-state index in [0.29, 0.717) is 41.7 Å². The van der Waals surface area contributed by atoms with Crippen molar-refractivity contribution in [3.63, 3.8) is 0 Å². The molecule has 0 fully saturated rings. The van der Waals surface area contributed by atoms with Crippen molar-refractivity contribution in [2.75, 3.05) is 0 Å². The van der Waals surface area contributed by atoms with Gasteiger partial charge in [-0.3, -0.25) is 0 Å². The highest BCUT2D eigenvalue weighted by Gasteiger charge is 2.35. The number of hydrogen-bond donors (Lipinski definition) is 0. The van der Waals surface area contributed by atoms with Gasteiger partial charge < -0.3 is 4.74 Å². The van der Waals surface area contributed by atoms with E-state index in [2.05, 4.69) is 4.74 Å². The van der Waals surface area contributed by atoms with Gasteiger partial charge in [-0.15, -0.1) is 13.2 Å². The number of rotatable bonds is 4. The summed E-state index contributed by atoms with van der Waals surface area (Å²) in [5.41, 5.74) is 1.36. The van der Waals surface area contributed by atoms with E-state index in [4.69, 9.17) is 0 Å². The summed E-state index contributed by atoms with van der Waals surface area (Å²) in [5, 5.41) is 0. The van der Waals surface area contributed by atoms with Gasteiger partial charge >= 0.3 is 6.36 Å². The molecule has 0 amide bonds. The van der Waals surface area contributed by atoms with Crippen LogP contribution in [0, 0.1) is 17.5 Å². The topological polar surface area (TPSA) is 9.23 Å². The van der Waals surface area contributed by atoms with Crippen molar-refractivity contribution in [2.24, 2.45) is 0 Å². The van der Waals surface area contributed by atoms with E-state index in [0.717, 1.165) is 0 Å². The van der Waals surface area contributed by atoms with E-state index in [1.165, 1.54) is 18.2 Å². The Morgan fingerprint density at radius 1 is 0.871 bits per heavy atom. The third kappa shape index (κ3) is 3.75. The molecule has 0 heterocycles.